The monoisotopic (exact) mass is 311 g/mol. The maximum Gasteiger partial charge on any atom is 0.352 e. The fourth-order valence-corrected chi connectivity index (χ4v) is 2.19. The Hall–Kier alpha value is -3.42. The molecule has 0 fully saturated rings. The molecule has 0 aliphatic heterocycles. The summed E-state index contributed by atoms with van der Waals surface area (Å²) in [6.07, 6.45) is 0. The summed E-state index contributed by atoms with van der Waals surface area (Å²) in [4.78, 5) is 35.2. The van der Waals surface area contributed by atoms with E-state index >= 15 is 0 Å². The highest BCUT2D eigenvalue weighted by atomic mass is 16.4. The largest absolute Gasteiger partial charge is 0.477 e. The molecule has 0 aliphatic rings. The normalized spacial score (nSPS) is 10.7. The number of benzene rings is 1. The number of nitrogens with one attached hydrogen (secondary N) is 1. The molecule has 0 unspecified atom stereocenters. The molecule has 23 heavy (non-hydrogen) atoms. The zero-order valence-corrected chi connectivity index (χ0v) is 12.1. The van der Waals surface area contributed by atoms with E-state index in [1.165, 1.54) is 13.1 Å². The Labute approximate surface area is 130 Å². The lowest BCUT2D eigenvalue weighted by molar-refractivity contribution is 0.0691. The number of nitrogens with zero attached hydrogens (tertiary/aromatic N) is 3. The van der Waals surface area contributed by atoms with Gasteiger partial charge < -0.3 is 15.8 Å². The van der Waals surface area contributed by atoms with Crippen LogP contribution in [0.1, 0.15) is 10.5 Å². The van der Waals surface area contributed by atoms with Crippen LogP contribution in [0.3, 0.4) is 0 Å². The maximum absolute atomic E-state index is 11.5. The number of fused-ring (bicyclic) bond motifs is 1. The first-order valence-electron chi connectivity index (χ1n) is 6.70. The fraction of sp³-hybridized carbons (Fsp3) is 0.0667. The van der Waals surface area contributed by atoms with Crippen LogP contribution in [0, 0.1) is 0 Å². The smallest absolute Gasteiger partial charge is 0.352 e. The number of aromatic carboxylic acids is 1. The third-order valence-corrected chi connectivity index (χ3v) is 3.38. The number of rotatable bonds is 3. The van der Waals surface area contributed by atoms with Gasteiger partial charge in [-0.3, -0.25) is 4.90 Å². The number of nitrogens with two attached hydrogens (primary N) is 1. The summed E-state index contributed by atoms with van der Waals surface area (Å²) in [5, 5.41) is 9.53. The minimum absolute atomic E-state index is 0.0429. The van der Waals surface area contributed by atoms with Crippen molar-refractivity contribution in [2.75, 3.05) is 11.9 Å². The molecule has 0 aliphatic carbocycles. The lowest BCUT2D eigenvalue weighted by Gasteiger charge is -2.15. The lowest BCUT2D eigenvalue weighted by Crippen LogP contribution is -2.32. The second-order valence-electron chi connectivity index (χ2n) is 4.88. The van der Waals surface area contributed by atoms with Gasteiger partial charge in [-0.25, -0.2) is 19.6 Å². The van der Waals surface area contributed by atoms with Gasteiger partial charge in [-0.05, 0) is 6.07 Å². The summed E-state index contributed by atoms with van der Waals surface area (Å²) in [5.74, 6) is -0.526. The van der Waals surface area contributed by atoms with Crippen LogP contribution in [-0.2, 0) is 0 Å². The van der Waals surface area contributed by atoms with Gasteiger partial charge in [0.2, 0.25) is 0 Å². The summed E-state index contributed by atoms with van der Waals surface area (Å²) in [5.41, 5.74) is 6.33. The van der Waals surface area contributed by atoms with Gasteiger partial charge in [0.25, 0.3) is 0 Å². The van der Waals surface area contributed by atoms with E-state index < -0.39 is 12.0 Å². The molecule has 1 aromatic carbocycles. The van der Waals surface area contributed by atoms with Crippen molar-refractivity contribution in [3.8, 4) is 11.4 Å². The molecule has 116 valence electrons. The van der Waals surface area contributed by atoms with Crippen LogP contribution in [0.4, 0.5) is 10.6 Å². The summed E-state index contributed by atoms with van der Waals surface area (Å²) in [6.45, 7) is 0. The van der Waals surface area contributed by atoms with Gasteiger partial charge in [-0.2, -0.15) is 0 Å². The average Bonchev–Trinajstić information content (AvgIpc) is 2.98. The number of H-pyrrole nitrogens is 1. The van der Waals surface area contributed by atoms with Gasteiger partial charge >= 0.3 is 12.0 Å². The molecule has 3 aromatic rings. The maximum atomic E-state index is 11.5. The quantitative estimate of drug-likeness (QED) is 0.680. The highest BCUT2D eigenvalue weighted by Crippen LogP contribution is 2.27. The average molecular weight is 311 g/mol. The second kappa shape index (κ2) is 5.41. The zero-order chi connectivity index (χ0) is 16.6. The SMILES string of the molecule is CN(C(N)=O)c1nc(-c2ccccc2)nc2[nH]c(C(=O)O)cc12. The highest BCUT2D eigenvalue weighted by molar-refractivity contribution is 6.02. The number of primary amides is 1. The van der Waals surface area contributed by atoms with Crippen molar-refractivity contribution in [2.24, 2.45) is 5.73 Å². The van der Waals surface area contributed by atoms with Crippen LogP contribution in [0.15, 0.2) is 36.4 Å². The predicted octanol–water partition coefficient (Wildman–Crippen LogP) is 1.84. The van der Waals surface area contributed by atoms with E-state index in [0.717, 1.165) is 10.5 Å². The molecule has 0 atom stereocenters. The summed E-state index contributed by atoms with van der Waals surface area (Å²) in [7, 11) is 1.46. The van der Waals surface area contributed by atoms with Crippen molar-refractivity contribution >= 4 is 28.9 Å². The van der Waals surface area contributed by atoms with Gasteiger partial charge in [0.05, 0.1) is 5.39 Å². The Balaban J connectivity index is 2.28. The van der Waals surface area contributed by atoms with Gasteiger partial charge in [-0.1, -0.05) is 30.3 Å². The number of aromatic amines is 1. The third-order valence-electron chi connectivity index (χ3n) is 3.38. The summed E-state index contributed by atoms with van der Waals surface area (Å²) in [6, 6.07) is 9.82. The minimum Gasteiger partial charge on any atom is -0.477 e. The van der Waals surface area contributed by atoms with Crippen molar-refractivity contribution in [2.45, 2.75) is 0 Å². The van der Waals surface area contributed by atoms with E-state index in [9.17, 15) is 9.59 Å². The van der Waals surface area contributed by atoms with Crippen LogP contribution in [0.5, 0.6) is 0 Å². The lowest BCUT2D eigenvalue weighted by atomic mass is 10.2. The Morgan fingerprint density at radius 1 is 1.22 bits per heavy atom. The van der Waals surface area contributed by atoms with Crippen molar-refractivity contribution < 1.29 is 14.7 Å². The van der Waals surface area contributed by atoms with Gasteiger partial charge in [0.1, 0.15) is 17.2 Å². The Bertz CT molecular complexity index is 904. The van der Waals surface area contributed by atoms with Crippen LogP contribution in [0.2, 0.25) is 0 Å². The van der Waals surface area contributed by atoms with Crippen molar-refractivity contribution in [3.05, 3.63) is 42.1 Å². The molecule has 0 saturated heterocycles. The van der Waals surface area contributed by atoms with Crippen molar-refractivity contribution in [3.63, 3.8) is 0 Å². The number of aromatic nitrogens is 3. The van der Waals surface area contributed by atoms with Crippen LogP contribution in [-0.4, -0.2) is 39.1 Å². The van der Waals surface area contributed by atoms with Crippen LogP contribution < -0.4 is 10.6 Å². The van der Waals surface area contributed by atoms with E-state index in [0.29, 0.717) is 16.9 Å². The van der Waals surface area contributed by atoms with Crippen molar-refractivity contribution in [1.82, 2.24) is 15.0 Å². The van der Waals surface area contributed by atoms with E-state index in [4.69, 9.17) is 10.8 Å². The number of carboxylic acid groups (broad SMARTS) is 1. The third kappa shape index (κ3) is 2.57. The standard InChI is InChI=1S/C15H13N5O3/c1-20(15(16)23)13-9-7-10(14(21)22)17-12(9)18-11(19-13)8-5-3-2-4-6-8/h2-7H,1H3,(H2,16,23)(H,21,22)(H,17,18,19). The first-order valence-corrected chi connectivity index (χ1v) is 6.70. The number of carboxylic acids is 1. The van der Waals surface area contributed by atoms with Gasteiger partial charge in [0, 0.05) is 12.6 Å². The molecule has 0 saturated carbocycles. The van der Waals surface area contributed by atoms with Gasteiger partial charge in [-0.15, -0.1) is 0 Å². The highest BCUT2D eigenvalue weighted by Gasteiger charge is 2.19. The van der Waals surface area contributed by atoms with Crippen LogP contribution in [0.25, 0.3) is 22.4 Å². The first-order chi connectivity index (χ1) is 11.0. The molecule has 0 spiro atoms. The minimum atomic E-state index is -1.13. The summed E-state index contributed by atoms with van der Waals surface area (Å²) >= 11 is 0. The van der Waals surface area contributed by atoms with E-state index in [-0.39, 0.29) is 11.5 Å². The Morgan fingerprint density at radius 2 is 1.91 bits per heavy atom. The Kier molecular flexibility index (Phi) is 3.41. The molecule has 4 N–H and O–H groups in total. The molecule has 2 heterocycles. The molecule has 3 rings (SSSR count). The molecule has 0 bridgehead atoms. The molecule has 2 amide bonds. The number of hydrogen-bond donors (Lipinski definition) is 3. The molecule has 0 radical (unpaired) electrons. The topological polar surface area (TPSA) is 125 Å². The second-order valence-corrected chi connectivity index (χ2v) is 4.88. The number of amides is 2. The van der Waals surface area contributed by atoms with Crippen LogP contribution >= 0.6 is 0 Å². The molecular formula is C15H13N5O3. The first kappa shape index (κ1) is 14.5. The Morgan fingerprint density at radius 3 is 2.52 bits per heavy atom. The molecular weight excluding hydrogens is 298 g/mol. The summed E-state index contributed by atoms with van der Waals surface area (Å²) < 4.78 is 0. The zero-order valence-electron chi connectivity index (χ0n) is 12.1. The van der Waals surface area contributed by atoms with E-state index in [1.54, 1.807) is 0 Å². The number of urea groups is 1. The molecule has 2 aromatic heterocycles. The van der Waals surface area contributed by atoms with E-state index in [2.05, 4.69) is 15.0 Å². The number of carbonyl (C=O) groups excluding carboxylic acids is 1. The predicted molar refractivity (Wildman–Crippen MR) is 84.3 cm³/mol. The molecule has 8 heteroatoms. The van der Waals surface area contributed by atoms with Gasteiger partial charge in [0.15, 0.2) is 5.82 Å². The number of anilines is 1. The van der Waals surface area contributed by atoms with Crippen molar-refractivity contribution in [1.29, 1.82) is 0 Å². The molecule has 8 nitrogen and oxygen atoms in total. The number of hydrogen-bond acceptors (Lipinski definition) is 4. The fourth-order valence-electron chi connectivity index (χ4n) is 2.19. The van der Waals surface area contributed by atoms with E-state index in [1.807, 2.05) is 30.3 Å². The number of carbonyl (C=O) groups is 2.